The maximum absolute atomic E-state index is 12.8. The van der Waals surface area contributed by atoms with E-state index in [0.29, 0.717) is 16.9 Å². The van der Waals surface area contributed by atoms with Crippen LogP contribution in [0.3, 0.4) is 0 Å². The second-order valence-corrected chi connectivity index (χ2v) is 6.47. The first-order chi connectivity index (χ1) is 13.4. The highest BCUT2D eigenvalue weighted by Crippen LogP contribution is 2.16. The van der Waals surface area contributed by atoms with Crippen LogP contribution in [-0.4, -0.2) is 30.9 Å². The van der Waals surface area contributed by atoms with Crippen molar-refractivity contribution in [3.63, 3.8) is 0 Å². The van der Waals surface area contributed by atoms with E-state index >= 15 is 0 Å². The molecule has 148 valence electrons. The van der Waals surface area contributed by atoms with Crippen LogP contribution in [0.4, 0.5) is 16.2 Å². The zero-order chi connectivity index (χ0) is 20.5. The fourth-order valence-corrected chi connectivity index (χ4v) is 2.57. The molecule has 4 N–H and O–H groups in total. The van der Waals surface area contributed by atoms with Gasteiger partial charge in [-0.3, -0.25) is 9.59 Å². The molecule has 0 aliphatic carbocycles. The first kappa shape index (κ1) is 21.0. The molecule has 0 heterocycles. The third-order valence-corrected chi connectivity index (χ3v) is 4.46. The maximum Gasteiger partial charge on any atom is 0.318 e. The highest BCUT2D eigenvalue weighted by molar-refractivity contribution is 6.01. The Balaban J connectivity index is 2.06. The summed E-state index contributed by atoms with van der Waals surface area (Å²) >= 11 is 0. The lowest BCUT2D eigenvalue weighted by molar-refractivity contribution is -0.119. The SMILES string of the molecule is CCC(C)C(NC(=O)c1ccccc1)C(=O)Nc1ccc(NC(=O)NC)cc1. The van der Waals surface area contributed by atoms with Crippen molar-refractivity contribution in [3.05, 3.63) is 60.2 Å². The predicted molar refractivity (Wildman–Crippen MR) is 110 cm³/mol. The van der Waals surface area contributed by atoms with Gasteiger partial charge in [-0.15, -0.1) is 0 Å². The van der Waals surface area contributed by atoms with Crippen molar-refractivity contribution in [3.8, 4) is 0 Å². The van der Waals surface area contributed by atoms with Crippen molar-refractivity contribution in [1.29, 1.82) is 0 Å². The van der Waals surface area contributed by atoms with Crippen LogP contribution in [0.25, 0.3) is 0 Å². The van der Waals surface area contributed by atoms with E-state index < -0.39 is 6.04 Å². The number of rotatable bonds is 7. The van der Waals surface area contributed by atoms with Crippen LogP contribution >= 0.6 is 0 Å². The Morgan fingerprint density at radius 2 is 1.46 bits per heavy atom. The fourth-order valence-electron chi connectivity index (χ4n) is 2.57. The lowest BCUT2D eigenvalue weighted by Gasteiger charge is -2.23. The average molecular weight is 382 g/mol. The zero-order valence-electron chi connectivity index (χ0n) is 16.3. The Morgan fingerprint density at radius 3 is 2.00 bits per heavy atom. The molecule has 4 amide bonds. The maximum atomic E-state index is 12.8. The summed E-state index contributed by atoms with van der Waals surface area (Å²) in [4.78, 5) is 36.6. The first-order valence-electron chi connectivity index (χ1n) is 9.20. The number of carbonyl (C=O) groups is 3. The third-order valence-electron chi connectivity index (χ3n) is 4.46. The van der Waals surface area contributed by atoms with Crippen molar-refractivity contribution < 1.29 is 14.4 Å². The second kappa shape index (κ2) is 10.1. The van der Waals surface area contributed by atoms with Gasteiger partial charge in [0.1, 0.15) is 6.04 Å². The molecule has 2 aromatic rings. The van der Waals surface area contributed by atoms with Crippen LogP contribution in [0.2, 0.25) is 0 Å². The highest BCUT2D eigenvalue weighted by Gasteiger charge is 2.26. The van der Waals surface area contributed by atoms with E-state index in [4.69, 9.17) is 0 Å². The minimum absolute atomic E-state index is 0.0400. The Morgan fingerprint density at radius 1 is 0.893 bits per heavy atom. The van der Waals surface area contributed by atoms with Crippen molar-refractivity contribution in [2.45, 2.75) is 26.3 Å². The molecule has 0 fully saturated rings. The van der Waals surface area contributed by atoms with Gasteiger partial charge in [0.15, 0.2) is 0 Å². The number of hydrogen-bond acceptors (Lipinski definition) is 3. The van der Waals surface area contributed by atoms with Gasteiger partial charge in [-0.1, -0.05) is 38.5 Å². The quantitative estimate of drug-likeness (QED) is 0.592. The van der Waals surface area contributed by atoms with E-state index in [1.54, 1.807) is 48.5 Å². The predicted octanol–water partition coefficient (Wildman–Crippen LogP) is 3.22. The topological polar surface area (TPSA) is 99.3 Å². The molecule has 0 radical (unpaired) electrons. The van der Waals surface area contributed by atoms with Crippen molar-refractivity contribution in [2.75, 3.05) is 17.7 Å². The summed E-state index contributed by atoms with van der Waals surface area (Å²) in [6, 6.07) is 14.6. The first-order valence-corrected chi connectivity index (χ1v) is 9.20. The molecule has 0 saturated carbocycles. The molecule has 2 rings (SSSR count). The summed E-state index contributed by atoms with van der Waals surface area (Å²) in [5, 5.41) is 10.8. The number of carbonyl (C=O) groups excluding carboxylic acids is 3. The van der Waals surface area contributed by atoms with Crippen LogP contribution in [-0.2, 0) is 4.79 Å². The summed E-state index contributed by atoms with van der Waals surface area (Å²) in [5.74, 6) is -0.612. The summed E-state index contributed by atoms with van der Waals surface area (Å²) in [7, 11) is 1.53. The number of amides is 4. The van der Waals surface area contributed by atoms with Crippen molar-refractivity contribution in [2.24, 2.45) is 5.92 Å². The van der Waals surface area contributed by atoms with Gasteiger partial charge in [-0.2, -0.15) is 0 Å². The second-order valence-electron chi connectivity index (χ2n) is 6.47. The van der Waals surface area contributed by atoms with Crippen molar-refractivity contribution in [1.82, 2.24) is 10.6 Å². The van der Waals surface area contributed by atoms with Gasteiger partial charge in [-0.05, 0) is 42.3 Å². The number of hydrogen-bond donors (Lipinski definition) is 4. The zero-order valence-corrected chi connectivity index (χ0v) is 16.3. The van der Waals surface area contributed by atoms with E-state index in [-0.39, 0.29) is 23.8 Å². The summed E-state index contributed by atoms with van der Waals surface area (Å²) in [5.41, 5.74) is 1.69. The Bertz CT molecular complexity index is 806. The van der Waals surface area contributed by atoms with Crippen LogP contribution in [0, 0.1) is 5.92 Å². The molecular formula is C21H26N4O3. The number of nitrogens with one attached hydrogen (secondary N) is 4. The molecule has 7 nitrogen and oxygen atoms in total. The van der Waals surface area contributed by atoms with Crippen molar-refractivity contribution >= 4 is 29.2 Å². The Kier molecular flexibility index (Phi) is 7.56. The third kappa shape index (κ3) is 5.84. The molecule has 0 saturated heterocycles. The molecule has 0 bridgehead atoms. The molecule has 2 atom stereocenters. The number of urea groups is 1. The van der Waals surface area contributed by atoms with Gasteiger partial charge in [-0.25, -0.2) is 4.79 Å². The fraction of sp³-hybridized carbons (Fsp3) is 0.286. The smallest absolute Gasteiger partial charge is 0.318 e. The van der Waals surface area contributed by atoms with E-state index in [9.17, 15) is 14.4 Å². The molecule has 0 aromatic heterocycles. The normalized spacial score (nSPS) is 12.4. The summed E-state index contributed by atoms with van der Waals surface area (Å²) in [6.45, 7) is 3.89. The highest BCUT2D eigenvalue weighted by atomic mass is 16.2. The summed E-state index contributed by atoms with van der Waals surface area (Å²) < 4.78 is 0. The number of benzene rings is 2. The number of anilines is 2. The summed E-state index contributed by atoms with van der Waals surface area (Å²) in [6.07, 6.45) is 0.738. The Hall–Kier alpha value is -3.35. The molecular weight excluding hydrogens is 356 g/mol. The van der Waals surface area contributed by atoms with Gasteiger partial charge in [0, 0.05) is 24.0 Å². The molecule has 7 heteroatoms. The van der Waals surface area contributed by atoms with Gasteiger partial charge in [0.2, 0.25) is 5.91 Å². The molecule has 28 heavy (non-hydrogen) atoms. The van der Waals surface area contributed by atoms with E-state index in [0.717, 1.165) is 6.42 Å². The van der Waals surface area contributed by atoms with Gasteiger partial charge in [0.25, 0.3) is 5.91 Å². The van der Waals surface area contributed by atoms with E-state index in [1.165, 1.54) is 7.05 Å². The van der Waals surface area contributed by atoms with Gasteiger partial charge in [0.05, 0.1) is 0 Å². The van der Waals surface area contributed by atoms with Crippen LogP contribution < -0.4 is 21.3 Å². The van der Waals surface area contributed by atoms with Crippen LogP contribution in [0.5, 0.6) is 0 Å². The minimum atomic E-state index is -0.665. The van der Waals surface area contributed by atoms with Gasteiger partial charge >= 0.3 is 6.03 Å². The largest absolute Gasteiger partial charge is 0.341 e. The molecule has 2 aromatic carbocycles. The van der Waals surface area contributed by atoms with E-state index in [2.05, 4.69) is 21.3 Å². The molecule has 0 aliphatic heterocycles. The monoisotopic (exact) mass is 382 g/mol. The van der Waals surface area contributed by atoms with Gasteiger partial charge < -0.3 is 21.3 Å². The van der Waals surface area contributed by atoms with Crippen LogP contribution in [0.1, 0.15) is 30.6 Å². The molecule has 0 spiro atoms. The molecule has 2 unspecified atom stereocenters. The average Bonchev–Trinajstić information content (AvgIpc) is 2.73. The lowest BCUT2D eigenvalue weighted by Crippen LogP contribution is -2.47. The van der Waals surface area contributed by atoms with E-state index in [1.807, 2.05) is 19.9 Å². The molecule has 0 aliphatic rings. The minimum Gasteiger partial charge on any atom is -0.341 e. The standard InChI is InChI=1S/C21H26N4O3/c1-4-14(2)18(25-19(26)15-8-6-5-7-9-15)20(27)23-16-10-12-17(13-11-16)24-21(28)22-3/h5-14,18H,4H2,1-3H3,(H,23,27)(H,25,26)(H2,22,24,28). The Labute approximate surface area is 164 Å². The van der Waals surface area contributed by atoms with Crippen LogP contribution in [0.15, 0.2) is 54.6 Å². The lowest BCUT2D eigenvalue weighted by atomic mass is 9.97.